The van der Waals surface area contributed by atoms with Gasteiger partial charge in [0.1, 0.15) is 0 Å². The first-order chi connectivity index (χ1) is 8.70. The quantitative estimate of drug-likeness (QED) is 0.838. The first-order valence-corrected chi connectivity index (χ1v) is 7.14. The fourth-order valence-corrected chi connectivity index (χ4v) is 2.84. The molecule has 2 rings (SSSR count). The van der Waals surface area contributed by atoms with Crippen molar-refractivity contribution in [1.82, 2.24) is 20.4 Å². The Morgan fingerprint density at radius 3 is 2.94 bits per heavy atom. The zero-order chi connectivity index (χ0) is 13.0. The molecular weight excluding hydrogens is 224 g/mol. The van der Waals surface area contributed by atoms with E-state index in [0.29, 0.717) is 0 Å². The topological polar surface area (TPSA) is 44.0 Å². The van der Waals surface area contributed by atoms with Crippen molar-refractivity contribution in [2.45, 2.75) is 40.2 Å². The maximum absolute atomic E-state index is 4.23. The molecule has 4 heteroatoms. The van der Waals surface area contributed by atoms with Crippen LogP contribution in [0.15, 0.2) is 0 Å². The molecule has 1 atom stereocenters. The van der Waals surface area contributed by atoms with Crippen LogP contribution in [-0.2, 0) is 6.54 Å². The van der Waals surface area contributed by atoms with Crippen molar-refractivity contribution < 1.29 is 0 Å². The zero-order valence-corrected chi connectivity index (χ0v) is 11.9. The second-order valence-corrected chi connectivity index (χ2v) is 5.44. The zero-order valence-electron chi connectivity index (χ0n) is 11.9. The molecule has 0 unspecified atom stereocenters. The molecule has 1 aliphatic heterocycles. The van der Waals surface area contributed by atoms with Crippen molar-refractivity contribution >= 4 is 0 Å². The van der Waals surface area contributed by atoms with Crippen LogP contribution in [0.4, 0.5) is 0 Å². The maximum atomic E-state index is 4.23. The van der Waals surface area contributed by atoms with Crippen molar-refractivity contribution in [2.75, 3.05) is 26.2 Å². The van der Waals surface area contributed by atoms with E-state index in [2.05, 4.69) is 41.2 Å². The third-order valence-electron chi connectivity index (χ3n) is 4.07. The summed E-state index contributed by atoms with van der Waals surface area (Å²) in [6.45, 7) is 12.2. The molecule has 2 heterocycles. The van der Waals surface area contributed by atoms with E-state index < -0.39 is 0 Å². The standard InChI is InChI=1S/C14H26N4/c1-4-18-7-5-6-13(10-18)8-15-9-14-11(2)16-17-12(14)3/h13,15H,4-10H2,1-3H3,(H,16,17)/t13-/m0/s1. The second-order valence-electron chi connectivity index (χ2n) is 5.44. The van der Waals surface area contributed by atoms with Crippen LogP contribution in [0.2, 0.25) is 0 Å². The maximum Gasteiger partial charge on any atom is 0.0638 e. The lowest BCUT2D eigenvalue weighted by atomic mass is 9.98. The summed E-state index contributed by atoms with van der Waals surface area (Å²) in [6.07, 6.45) is 2.72. The van der Waals surface area contributed by atoms with E-state index in [4.69, 9.17) is 0 Å². The molecular formula is C14H26N4. The first kappa shape index (κ1) is 13.6. The number of rotatable bonds is 5. The number of aromatic amines is 1. The summed E-state index contributed by atoms with van der Waals surface area (Å²) < 4.78 is 0. The molecule has 1 saturated heterocycles. The lowest BCUT2D eigenvalue weighted by Crippen LogP contribution is -2.39. The summed E-state index contributed by atoms with van der Waals surface area (Å²) in [7, 11) is 0. The Balaban J connectivity index is 1.75. The molecule has 0 spiro atoms. The van der Waals surface area contributed by atoms with Gasteiger partial charge in [-0.05, 0) is 52.2 Å². The lowest BCUT2D eigenvalue weighted by molar-refractivity contribution is 0.180. The molecule has 0 aromatic carbocycles. The normalized spacial score (nSPS) is 21.4. The van der Waals surface area contributed by atoms with Gasteiger partial charge in [0.2, 0.25) is 0 Å². The number of nitrogens with one attached hydrogen (secondary N) is 2. The van der Waals surface area contributed by atoms with Crippen LogP contribution in [0.25, 0.3) is 0 Å². The molecule has 0 radical (unpaired) electrons. The van der Waals surface area contributed by atoms with Gasteiger partial charge in [0.15, 0.2) is 0 Å². The average Bonchev–Trinajstić information content (AvgIpc) is 2.70. The third-order valence-corrected chi connectivity index (χ3v) is 4.07. The van der Waals surface area contributed by atoms with Gasteiger partial charge in [-0.15, -0.1) is 0 Å². The van der Waals surface area contributed by atoms with E-state index in [1.165, 1.54) is 43.7 Å². The molecule has 4 nitrogen and oxygen atoms in total. The van der Waals surface area contributed by atoms with Gasteiger partial charge >= 0.3 is 0 Å². The molecule has 102 valence electrons. The van der Waals surface area contributed by atoms with Crippen molar-refractivity contribution in [1.29, 1.82) is 0 Å². The summed E-state index contributed by atoms with van der Waals surface area (Å²) in [5, 5.41) is 10.9. The van der Waals surface area contributed by atoms with Crippen LogP contribution in [0, 0.1) is 19.8 Å². The predicted molar refractivity (Wildman–Crippen MR) is 74.6 cm³/mol. The highest BCUT2D eigenvalue weighted by molar-refractivity contribution is 5.22. The minimum atomic E-state index is 0.811. The van der Waals surface area contributed by atoms with E-state index >= 15 is 0 Å². The summed E-state index contributed by atoms with van der Waals surface area (Å²) in [4.78, 5) is 2.56. The Hall–Kier alpha value is -0.870. The van der Waals surface area contributed by atoms with Crippen LogP contribution in [-0.4, -0.2) is 41.3 Å². The minimum Gasteiger partial charge on any atom is -0.312 e. The number of H-pyrrole nitrogens is 1. The van der Waals surface area contributed by atoms with Gasteiger partial charge in [-0.1, -0.05) is 6.92 Å². The number of nitrogens with zero attached hydrogens (tertiary/aromatic N) is 2. The molecule has 18 heavy (non-hydrogen) atoms. The molecule has 1 aromatic heterocycles. The summed E-state index contributed by atoms with van der Waals surface area (Å²) >= 11 is 0. The first-order valence-electron chi connectivity index (χ1n) is 7.14. The third kappa shape index (κ3) is 3.33. The van der Waals surface area contributed by atoms with Crippen LogP contribution in [0.3, 0.4) is 0 Å². The predicted octanol–water partition coefficient (Wildman–Crippen LogP) is 1.85. The van der Waals surface area contributed by atoms with Gasteiger partial charge in [0.05, 0.1) is 5.69 Å². The molecule has 1 aromatic rings. The summed E-state index contributed by atoms with van der Waals surface area (Å²) in [6, 6.07) is 0. The van der Waals surface area contributed by atoms with Crippen molar-refractivity contribution in [2.24, 2.45) is 5.92 Å². The van der Waals surface area contributed by atoms with Crippen LogP contribution in [0.1, 0.15) is 36.7 Å². The molecule has 1 aliphatic rings. The van der Waals surface area contributed by atoms with Gasteiger partial charge < -0.3 is 10.2 Å². The Morgan fingerprint density at radius 1 is 1.44 bits per heavy atom. The Kier molecular flexibility index (Phi) is 4.78. The number of hydrogen-bond donors (Lipinski definition) is 2. The highest BCUT2D eigenvalue weighted by atomic mass is 15.1. The SMILES string of the molecule is CCN1CCC[C@@H](CNCc2c(C)n[nH]c2C)C1. The molecule has 2 N–H and O–H groups in total. The number of hydrogen-bond acceptors (Lipinski definition) is 3. The number of piperidine rings is 1. The molecule has 1 fully saturated rings. The Bertz CT molecular complexity index is 352. The number of aromatic nitrogens is 2. The van der Waals surface area contributed by atoms with Gasteiger partial charge in [-0.25, -0.2) is 0 Å². The van der Waals surface area contributed by atoms with E-state index in [1.54, 1.807) is 0 Å². The summed E-state index contributed by atoms with van der Waals surface area (Å²) in [5.74, 6) is 0.811. The van der Waals surface area contributed by atoms with E-state index in [-0.39, 0.29) is 0 Å². The van der Waals surface area contributed by atoms with Gasteiger partial charge in [0.25, 0.3) is 0 Å². The largest absolute Gasteiger partial charge is 0.312 e. The van der Waals surface area contributed by atoms with Gasteiger partial charge in [0, 0.05) is 24.3 Å². The van der Waals surface area contributed by atoms with E-state index in [0.717, 1.165) is 24.7 Å². The number of likely N-dealkylation sites (tertiary alicyclic amines) is 1. The molecule has 0 aliphatic carbocycles. The highest BCUT2D eigenvalue weighted by Gasteiger charge is 2.18. The molecule has 0 saturated carbocycles. The van der Waals surface area contributed by atoms with Gasteiger partial charge in [-0.3, -0.25) is 5.10 Å². The Morgan fingerprint density at radius 2 is 2.28 bits per heavy atom. The van der Waals surface area contributed by atoms with Crippen LogP contribution < -0.4 is 5.32 Å². The fraction of sp³-hybridized carbons (Fsp3) is 0.786. The highest BCUT2D eigenvalue weighted by Crippen LogP contribution is 2.15. The summed E-state index contributed by atoms with van der Waals surface area (Å²) in [5.41, 5.74) is 3.65. The van der Waals surface area contributed by atoms with Gasteiger partial charge in [-0.2, -0.15) is 5.10 Å². The smallest absolute Gasteiger partial charge is 0.0638 e. The molecule has 0 amide bonds. The van der Waals surface area contributed by atoms with Crippen LogP contribution >= 0.6 is 0 Å². The molecule has 0 bridgehead atoms. The van der Waals surface area contributed by atoms with Crippen molar-refractivity contribution in [3.05, 3.63) is 17.0 Å². The minimum absolute atomic E-state index is 0.811. The van der Waals surface area contributed by atoms with Crippen molar-refractivity contribution in [3.8, 4) is 0 Å². The van der Waals surface area contributed by atoms with Crippen molar-refractivity contribution in [3.63, 3.8) is 0 Å². The van der Waals surface area contributed by atoms with E-state index in [1.807, 2.05) is 0 Å². The Labute approximate surface area is 110 Å². The second kappa shape index (κ2) is 6.34. The fourth-order valence-electron chi connectivity index (χ4n) is 2.84. The van der Waals surface area contributed by atoms with Crippen LogP contribution in [0.5, 0.6) is 0 Å². The monoisotopic (exact) mass is 250 g/mol. The number of aryl methyl sites for hydroxylation is 2. The van der Waals surface area contributed by atoms with E-state index in [9.17, 15) is 0 Å². The average molecular weight is 250 g/mol. The lowest BCUT2D eigenvalue weighted by Gasteiger charge is -2.31.